The number of aliphatic hydroxyl groups excluding tert-OH is 1. The molecule has 0 heterocycles. The molecule has 1 aromatic rings. The zero-order valence-corrected chi connectivity index (χ0v) is 11.5. The number of hydrogen-bond acceptors (Lipinski definition) is 4. The Bertz CT molecular complexity index is 537. The number of esters is 1. The van der Waals surface area contributed by atoms with E-state index in [9.17, 15) is 14.7 Å². The van der Waals surface area contributed by atoms with E-state index in [1.54, 1.807) is 32.0 Å². The van der Waals surface area contributed by atoms with Crippen molar-refractivity contribution in [1.82, 2.24) is 0 Å². The van der Waals surface area contributed by atoms with E-state index in [-0.39, 0.29) is 6.61 Å². The van der Waals surface area contributed by atoms with Crippen molar-refractivity contribution in [2.24, 2.45) is 5.92 Å². The predicted octanol–water partition coefficient (Wildman–Crippen LogP) is 1.64. The summed E-state index contributed by atoms with van der Waals surface area (Å²) in [5.41, 5.74) is 2.18. The van der Waals surface area contributed by atoms with Crippen LogP contribution < -0.4 is 0 Å². The minimum Gasteiger partial charge on any atom is -0.481 e. The Morgan fingerprint density at radius 3 is 2.75 bits per heavy atom. The van der Waals surface area contributed by atoms with Crippen LogP contribution in [-0.2, 0) is 20.7 Å². The molecule has 0 saturated carbocycles. The lowest BCUT2D eigenvalue weighted by molar-refractivity contribution is -0.151. The summed E-state index contributed by atoms with van der Waals surface area (Å²) in [7, 11) is 0. The molecule has 0 aromatic heterocycles. The largest absolute Gasteiger partial charge is 0.481 e. The lowest BCUT2D eigenvalue weighted by Gasteiger charge is -2.13. The van der Waals surface area contributed by atoms with E-state index >= 15 is 0 Å². The van der Waals surface area contributed by atoms with Crippen LogP contribution in [0, 0.1) is 5.92 Å². The van der Waals surface area contributed by atoms with Crippen LogP contribution in [-0.4, -0.2) is 28.8 Å². The van der Waals surface area contributed by atoms with Crippen molar-refractivity contribution in [1.29, 1.82) is 0 Å². The third-order valence-electron chi connectivity index (χ3n) is 3.77. The van der Waals surface area contributed by atoms with Crippen molar-refractivity contribution >= 4 is 11.9 Å². The van der Waals surface area contributed by atoms with Gasteiger partial charge in [0.25, 0.3) is 0 Å². The Kier molecular flexibility index (Phi) is 4.09. The summed E-state index contributed by atoms with van der Waals surface area (Å²) in [6.45, 7) is 3.61. The number of benzene rings is 1. The smallest absolute Gasteiger partial charge is 0.312 e. The summed E-state index contributed by atoms with van der Waals surface area (Å²) in [4.78, 5) is 22.8. The number of ether oxygens (including phenoxy) is 1. The first-order chi connectivity index (χ1) is 9.45. The van der Waals surface area contributed by atoms with Crippen molar-refractivity contribution in [2.75, 3.05) is 6.61 Å². The van der Waals surface area contributed by atoms with Crippen molar-refractivity contribution < 1.29 is 24.5 Å². The van der Waals surface area contributed by atoms with Crippen LogP contribution in [0.3, 0.4) is 0 Å². The van der Waals surface area contributed by atoms with Crippen LogP contribution in [0.5, 0.6) is 0 Å². The summed E-state index contributed by atoms with van der Waals surface area (Å²) in [6.07, 6.45) is -0.492. The quantitative estimate of drug-likeness (QED) is 0.818. The zero-order chi connectivity index (χ0) is 14.9. The van der Waals surface area contributed by atoms with Crippen molar-refractivity contribution in [3.63, 3.8) is 0 Å². The number of carboxylic acids is 1. The van der Waals surface area contributed by atoms with Gasteiger partial charge in [-0.1, -0.05) is 18.2 Å². The summed E-state index contributed by atoms with van der Waals surface area (Å²) in [5.74, 6) is -2.52. The van der Waals surface area contributed by atoms with Gasteiger partial charge < -0.3 is 14.9 Å². The Morgan fingerprint density at radius 1 is 1.45 bits per heavy atom. The second kappa shape index (κ2) is 5.63. The molecule has 0 spiro atoms. The molecule has 5 nitrogen and oxygen atoms in total. The highest BCUT2D eigenvalue weighted by Gasteiger charge is 2.37. The lowest BCUT2D eigenvalue weighted by atomic mass is 9.97. The van der Waals surface area contributed by atoms with Gasteiger partial charge in [-0.25, -0.2) is 0 Å². The van der Waals surface area contributed by atoms with Gasteiger partial charge in [-0.3, -0.25) is 9.59 Å². The molecular weight excluding hydrogens is 260 g/mol. The highest BCUT2D eigenvalue weighted by Crippen LogP contribution is 2.38. The Balaban J connectivity index is 2.25. The summed E-state index contributed by atoms with van der Waals surface area (Å²) >= 11 is 0. The van der Waals surface area contributed by atoms with E-state index in [4.69, 9.17) is 9.84 Å². The predicted molar refractivity (Wildman–Crippen MR) is 71.3 cm³/mol. The van der Waals surface area contributed by atoms with Crippen LogP contribution >= 0.6 is 0 Å². The molecule has 1 aliphatic carbocycles. The fourth-order valence-electron chi connectivity index (χ4n) is 2.53. The first-order valence-corrected chi connectivity index (χ1v) is 6.66. The fourth-order valence-corrected chi connectivity index (χ4v) is 2.53. The van der Waals surface area contributed by atoms with Gasteiger partial charge in [-0.15, -0.1) is 0 Å². The van der Waals surface area contributed by atoms with Crippen LogP contribution in [0.2, 0.25) is 0 Å². The Hall–Kier alpha value is -1.88. The van der Waals surface area contributed by atoms with Crippen LogP contribution in [0.15, 0.2) is 18.2 Å². The van der Waals surface area contributed by atoms with E-state index in [0.29, 0.717) is 17.5 Å². The van der Waals surface area contributed by atoms with Gasteiger partial charge in [0.1, 0.15) is 0 Å². The van der Waals surface area contributed by atoms with Crippen molar-refractivity contribution in [3.05, 3.63) is 34.9 Å². The van der Waals surface area contributed by atoms with Crippen LogP contribution in [0.4, 0.5) is 0 Å². The highest BCUT2D eigenvalue weighted by molar-refractivity contribution is 5.77. The first kappa shape index (κ1) is 14.5. The summed E-state index contributed by atoms with van der Waals surface area (Å²) < 4.78 is 4.95. The molecule has 0 radical (unpaired) electrons. The zero-order valence-electron chi connectivity index (χ0n) is 11.5. The molecule has 2 N–H and O–H groups in total. The fraction of sp³-hybridized carbons (Fsp3) is 0.467. The third-order valence-corrected chi connectivity index (χ3v) is 3.77. The van der Waals surface area contributed by atoms with Crippen LogP contribution in [0.25, 0.3) is 0 Å². The lowest BCUT2D eigenvalue weighted by Crippen LogP contribution is -2.21. The van der Waals surface area contributed by atoms with E-state index in [1.165, 1.54) is 0 Å². The Morgan fingerprint density at radius 2 is 2.15 bits per heavy atom. The summed E-state index contributed by atoms with van der Waals surface area (Å²) in [6, 6.07) is 5.15. The average Bonchev–Trinajstić information content (AvgIpc) is 2.75. The van der Waals surface area contributed by atoms with E-state index in [2.05, 4.69) is 0 Å². The monoisotopic (exact) mass is 278 g/mol. The van der Waals surface area contributed by atoms with E-state index in [0.717, 1.165) is 5.56 Å². The number of aliphatic carboxylic acids is 1. The molecule has 108 valence electrons. The normalized spacial score (nSPS) is 22.1. The first-order valence-electron chi connectivity index (χ1n) is 6.66. The molecule has 5 heteroatoms. The van der Waals surface area contributed by atoms with Gasteiger partial charge in [-0.2, -0.15) is 0 Å². The molecule has 3 atom stereocenters. The number of aliphatic hydroxyl groups is 1. The number of carbonyl (C=O) groups excluding carboxylic acids is 1. The number of hydrogen-bond donors (Lipinski definition) is 2. The van der Waals surface area contributed by atoms with Gasteiger partial charge >= 0.3 is 11.9 Å². The average molecular weight is 278 g/mol. The van der Waals surface area contributed by atoms with Gasteiger partial charge in [-0.05, 0) is 37.0 Å². The molecule has 1 aromatic carbocycles. The molecule has 0 aliphatic heterocycles. The van der Waals surface area contributed by atoms with E-state index < -0.39 is 29.9 Å². The standard InChI is InChI=1S/C15H18O5/c1-3-20-15(19)12-7-10-6-9(8(2)14(17)18)4-5-11(10)13(12)16/h4-6,8,12-13,16H,3,7H2,1-2H3,(H,17,18)/t8?,12-,13-/m1/s1. The van der Waals surface area contributed by atoms with Crippen molar-refractivity contribution in [2.45, 2.75) is 32.3 Å². The van der Waals surface area contributed by atoms with Crippen LogP contribution in [0.1, 0.15) is 42.6 Å². The molecule has 1 aliphatic rings. The highest BCUT2D eigenvalue weighted by atomic mass is 16.5. The molecule has 0 saturated heterocycles. The molecular formula is C15H18O5. The summed E-state index contributed by atoms with van der Waals surface area (Å²) in [5, 5.41) is 19.2. The SMILES string of the molecule is CCOC(=O)[C@@H]1Cc2cc(C(C)C(=O)O)ccc2[C@H]1O. The second-order valence-corrected chi connectivity index (χ2v) is 5.03. The minimum absolute atomic E-state index is 0.277. The number of carbonyl (C=O) groups is 2. The number of fused-ring (bicyclic) bond motifs is 1. The van der Waals surface area contributed by atoms with Gasteiger partial charge in [0.05, 0.1) is 24.5 Å². The molecule has 0 amide bonds. The maximum absolute atomic E-state index is 11.8. The number of carboxylic acid groups (broad SMARTS) is 1. The molecule has 1 unspecified atom stereocenters. The maximum Gasteiger partial charge on any atom is 0.312 e. The Labute approximate surface area is 117 Å². The van der Waals surface area contributed by atoms with Gasteiger partial charge in [0.15, 0.2) is 0 Å². The minimum atomic E-state index is -0.898. The molecule has 0 bridgehead atoms. The molecule has 0 fully saturated rings. The third kappa shape index (κ3) is 2.54. The van der Waals surface area contributed by atoms with Crippen molar-refractivity contribution in [3.8, 4) is 0 Å². The number of rotatable bonds is 4. The molecule has 20 heavy (non-hydrogen) atoms. The second-order valence-electron chi connectivity index (χ2n) is 5.03. The van der Waals surface area contributed by atoms with Gasteiger partial charge in [0.2, 0.25) is 0 Å². The maximum atomic E-state index is 11.8. The van der Waals surface area contributed by atoms with Gasteiger partial charge in [0, 0.05) is 0 Å². The molecule has 2 rings (SSSR count). The topological polar surface area (TPSA) is 83.8 Å². The van der Waals surface area contributed by atoms with E-state index in [1.807, 2.05) is 0 Å².